The molecule has 1 unspecified atom stereocenters. The first kappa shape index (κ1) is 15.3. The topological polar surface area (TPSA) is 90.0 Å². The van der Waals surface area contributed by atoms with E-state index in [4.69, 9.17) is 5.11 Å². The lowest BCUT2D eigenvalue weighted by Crippen LogP contribution is -2.60. The third kappa shape index (κ3) is 4.11. The van der Waals surface area contributed by atoms with E-state index in [0.29, 0.717) is 25.6 Å². The molecule has 2 N–H and O–H groups in total. The molecule has 1 aliphatic rings. The van der Waals surface area contributed by atoms with Crippen LogP contribution in [0.25, 0.3) is 0 Å². The monoisotopic (exact) mass is 271 g/mol. The van der Waals surface area contributed by atoms with Gasteiger partial charge < -0.3 is 20.2 Å². The van der Waals surface area contributed by atoms with Gasteiger partial charge in [-0.3, -0.25) is 9.59 Å². The Balaban J connectivity index is 2.78. The van der Waals surface area contributed by atoms with E-state index >= 15 is 0 Å². The average molecular weight is 271 g/mol. The molecule has 1 rings (SSSR count). The second kappa shape index (κ2) is 6.40. The molecule has 3 amide bonds. The molecule has 0 aromatic heterocycles. The molecule has 7 nitrogen and oxygen atoms in total. The number of hydrogen-bond acceptors (Lipinski definition) is 3. The van der Waals surface area contributed by atoms with Gasteiger partial charge in [0.05, 0.1) is 6.42 Å². The molecule has 0 radical (unpaired) electrons. The van der Waals surface area contributed by atoms with Gasteiger partial charge in [0.1, 0.15) is 6.04 Å². The van der Waals surface area contributed by atoms with E-state index < -0.39 is 17.9 Å². The molecule has 0 aromatic rings. The molecular weight excluding hydrogens is 250 g/mol. The number of amides is 3. The van der Waals surface area contributed by atoms with Crippen LogP contribution in [-0.4, -0.2) is 65.5 Å². The molecule has 7 heteroatoms. The zero-order valence-corrected chi connectivity index (χ0v) is 11.5. The maximum Gasteiger partial charge on any atom is 0.320 e. The van der Waals surface area contributed by atoms with Crippen molar-refractivity contribution in [3.8, 4) is 0 Å². The van der Waals surface area contributed by atoms with E-state index in [1.54, 1.807) is 7.05 Å². The van der Waals surface area contributed by atoms with Crippen molar-refractivity contribution < 1.29 is 19.5 Å². The summed E-state index contributed by atoms with van der Waals surface area (Å²) in [6.07, 6.45) is -0.368. The van der Waals surface area contributed by atoms with E-state index in [9.17, 15) is 14.4 Å². The van der Waals surface area contributed by atoms with Gasteiger partial charge in [0.15, 0.2) is 0 Å². The van der Waals surface area contributed by atoms with Crippen LogP contribution >= 0.6 is 0 Å². The van der Waals surface area contributed by atoms with Crippen LogP contribution in [0.15, 0.2) is 0 Å². The Morgan fingerprint density at radius 2 is 2.16 bits per heavy atom. The van der Waals surface area contributed by atoms with E-state index in [1.165, 1.54) is 9.80 Å². The molecule has 0 bridgehead atoms. The standard InChI is InChI=1S/C12H21N3O4/c1-8(2)7-14(3)12(19)15-5-4-13-11(18)9(15)6-10(16)17/h8-9H,4-7H2,1-3H3,(H,13,18)(H,16,17). The van der Waals surface area contributed by atoms with Crippen LogP contribution < -0.4 is 5.32 Å². The molecule has 108 valence electrons. The fraction of sp³-hybridized carbons (Fsp3) is 0.750. The highest BCUT2D eigenvalue weighted by molar-refractivity contribution is 5.91. The van der Waals surface area contributed by atoms with Crippen molar-refractivity contribution in [3.05, 3.63) is 0 Å². The lowest BCUT2D eigenvalue weighted by atomic mass is 10.1. The fourth-order valence-corrected chi connectivity index (χ4v) is 2.16. The Labute approximate surface area is 112 Å². The van der Waals surface area contributed by atoms with Crippen molar-refractivity contribution in [1.29, 1.82) is 0 Å². The van der Waals surface area contributed by atoms with Gasteiger partial charge in [-0.05, 0) is 5.92 Å². The Morgan fingerprint density at radius 3 is 2.68 bits per heavy atom. The zero-order valence-electron chi connectivity index (χ0n) is 11.5. The Morgan fingerprint density at radius 1 is 1.53 bits per heavy atom. The number of nitrogens with zero attached hydrogens (tertiary/aromatic N) is 2. The number of hydrogen-bond donors (Lipinski definition) is 2. The molecule has 0 aromatic carbocycles. The van der Waals surface area contributed by atoms with Gasteiger partial charge in [-0.2, -0.15) is 0 Å². The molecule has 0 spiro atoms. The average Bonchev–Trinajstić information content (AvgIpc) is 2.29. The maximum absolute atomic E-state index is 12.2. The van der Waals surface area contributed by atoms with Gasteiger partial charge in [-0.15, -0.1) is 0 Å². The summed E-state index contributed by atoms with van der Waals surface area (Å²) in [5.41, 5.74) is 0. The van der Waals surface area contributed by atoms with E-state index in [0.717, 1.165) is 0 Å². The van der Waals surface area contributed by atoms with Crippen LogP contribution in [-0.2, 0) is 9.59 Å². The first-order valence-electron chi connectivity index (χ1n) is 6.34. The number of carbonyl (C=O) groups excluding carboxylic acids is 2. The number of nitrogens with one attached hydrogen (secondary N) is 1. The van der Waals surface area contributed by atoms with Crippen LogP contribution in [0.1, 0.15) is 20.3 Å². The molecule has 1 fully saturated rings. The van der Waals surface area contributed by atoms with Crippen LogP contribution in [0.2, 0.25) is 0 Å². The van der Waals surface area contributed by atoms with Crippen molar-refractivity contribution in [2.75, 3.05) is 26.7 Å². The van der Waals surface area contributed by atoms with E-state index in [-0.39, 0.29) is 12.5 Å². The van der Waals surface area contributed by atoms with E-state index in [1.807, 2.05) is 13.8 Å². The predicted molar refractivity (Wildman–Crippen MR) is 68.6 cm³/mol. The summed E-state index contributed by atoms with van der Waals surface area (Å²) in [6.45, 7) is 5.24. The molecule has 0 saturated carbocycles. The Bertz CT molecular complexity index is 370. The van der Waals surface area contributed by atoms with Gasteiger partial charge in [-0.25, -0.2) is 4.79 Å². The molecule has 1 aliphatic heterocycles. The number of piperazine rings is 1. The quantitative estimate of drug-likeness (QED) is 0.751. The lowest BCUT2D eigenvalue weighted by Gasteiger charge is -2.37. The predicted octanol–water partition coefficient (Wildman–Crippen LogP) is -0.0307. The number of rotatable bonds is 4. The minimum Gasteiger partial charge on any atom is -0.481 e. The van der Waals surface area contributed by atoms with Gasteiger partial charge >= 0.3 is 12.0 Å². The number of carboxylic acids is 1. The van der Waals surface area contributed by atoms with E-state index in [2.05, 4.69) is 5.32 Å². The first-order chi connectivity index (χ1) is 8.82. The third-order valence-corrected chi connectivity index (χ3v) is 2.91. The lowest BCUT2D eigenvalue weighted by molar-refractivity contribution is -0.142. The summed E-state index contributed by atoms with van der Waals surface area (Å²) in [5.74, 6) is -1.18. The number of carboxylic acid groups (broad SMARTS) is 1. The molecule has 0 aliphatic carbocycles. The number of urea groups is 1. The zero-order chi connectivity index (χ0) is 14.6. The van der Waals surface area contributed by atoms with Crippen LogP contribution in [0.5, 0.6) is 0 Å². The van der Waals surface area contributed by atoms with Gasteiger partial charge in [-0.1, -0.05) is 13.8 Å². The maximum atomic E-state index is 12.2. The molecule has 1 saturated heterocycles. The van der Waals surface area contributed by atoms with Crippen molar-refractivity contribution in [1.82, 2.24) is 15.1 Å². The van der Waals surface area contributed by atoms with Crippen LogP contribution in [0, 0.1) is 5.92 Å². The second-order valence-corrected chi connectivity index (χ2v) is 5.16. The highest BCUT2D eigenvalue weighted by Crippen LogP contribution is 2.12. The minimum atomic E-state index is -1.09. The normalized spacial score (nSPS) is 19.3. The van der Waals surface area contributed by atoms with Gasteiger partial charge in [0, 0.05) is 26.7 Å². The number of aliphatic carboxylic acids is 1. The highest BCUT2D eigenvalue weighted by atomic mass is 16.4. The van der Waals surface area contributed by atoms with Gasteiger partial charge in [0.2, 0.25) is 5.91 Å². The second-order valence-electron chi connectivity index (χ2n) is 5.16. The van der Waals surface area contributed by atoms with Crippen molar-refractivity contribution in [3.63, 3.8) is 0 Å². The third-order valence-electron chi connectivity index (χ3n) is 2.91. The first-order valence-corrected chi connectivity index (χ1v) is 6.34. The molecule has 19 heavy (non-hydrogen) atoms. The van der Waals surface area contributed by atoms with Crippen molar-refractivity contribution in [2.24, 2.45) is 5.92 Å². The molecular formula is C12H21N3O4. The summed E-state index contributed by atoms with van der Waals surface area (Å²) >= 11 is 0. The fourth-order valence-electron chi connectivity index (χ4n) is 2.16. The summed E-state index contributed by atoms with van der Waals surface area (Å²) < 4.78 is 0. The molecule has 1 heterocycles. The minimum absolute atomic E-state index is 0.296. The molecule has 1 atom stereocenters. The van der Waals surface area contributed by atoms with Gasteiger partial charge in [0.25, 0.3) is 0 Å². The van der Waals surface area contributed by atoms with Crippen molar-refractivity contribution in [2.45, 2.75) is 26.3 Å². The van der Waals surface area contributed by atoms with Crippen LogP contribution in [0.4, 0.5) is 4.79 Å². The summed E-state index contributed by atoms with van der Waals surface area (Å²) in [4.78, 5) is 37.6. The van der Waals surface area contributed by atoms with Crippen molar-refractivity contribution >= 4 is 17.9 Å². The largest absolute Gasteiger partial charge is 0.481 e. The Kier molecular flexibility index (Phi) is 5.14. The number of carbonyl (C=O) groups is 3. The Hall–Kier alpha value is -1.79. The summed E-state index contributed by atoms with van der Waals surface area (Å²) in [6, 6.07) is -1.22. The SMILES string of the molecule is CC(C)CN(C)C(=O)N1CCNC(=O)C1CC(=O)O. The highest BCUT2D eigenvalue weighted by Gasteiger charge is 2.35. The summed E-state index contributed by atoms with van der Waals surface area (Å²) in [5, 5.41) is 11.4. The smallest absolute Gasteiger partial charge is 0.320 e. The summed E-state index contributed by atoms with van der Waals surface area (Å²) in [7, 11) is 1.66. The van der Waals surface area contributed by atoms with Crippen LogP contribution in [0.3, 0.4) is 0 Å².